The summed E-state index contributed by atoms with van der Waals surface area (Å²) in [5.41, 5.74) is 1.07. The summed E-state index contributed by atoms with van der Waals surface area (Å²) < 4.78 is 5.67. The number of hydrogen-bond donors (Lipinski definition) is 1. The minimum absolute atomic E-state index is 0.0270. The molecule has 2 aliphatic rings. The van der Waals surface area contributed by atoms with E-state index in [0.29, 0.717) is 19.0 Å². The Morgan fingerprint density at radius 3 is 2.65 bits per heavy atom. The molecule has 1 amide bonds. The normalized spacial score (nSPS) is 23.8. The first-order valence-electron chi connectivity index (χ1n) is 8.31. The molecule has 2 atom stereocenters. The van der Waals surface area contributed by atoms with Crippen molar-refractivity contribution < 1.29 is 19.4 Å². The smallest absolute Gasteiger partial charge is 0.308 e. The maximum atomic E-state index is 12.4. The van der Waals surface area contributed by atoms with Gasteiger partial charge >= 0.3 is 5.97 Å². The monoisotopic (exact) mass is 317 g/mol. The van der Waals surface area contributed by atoms with Crippen molar-refractivity contribution in [1.29, 1.82) is 0 Å². The fraction of sp³-hybridized carbons (Fsp3) is 0.556. The molecule has 1 aliphatic heterocycles. The van der Waals surface area contributed by atoms with Gasteiger partial charge in [0, 0.05) is 13.1 Å². The Labute approximate surface area is 136 Å². The predicted molar refractivity (Wildman–Crippen MR) is 85.2 cm³/mol. The first-order chi connectivity index (χ1) is 11.1. The van der Waals surface area contributed by atoms with Crippen LogP contribution in [-0.4, -0.2) is 41.6 Å². The van der Waals surface area contributed by atoms with Crippen molar-refractivity contribution in [2.75, 3.05) is 19.7 Å². The van der Waals surface area contributed by atoms with E-state index in [9.17, 15) is 14.7 Å². The van der Waals surface area contributed by atoms with E-state index in [0.717, 1.165) is 30.6 Å². The van der Waals surface area contributed by atoms with Crippen molar-refractivity contribution in [3.05, 3.63) is 29.8 Å². The molecular formula is C18H23NO4. The largest absolute Gasteiger partial charge is 0.483 e. The standard InChI is InChI=1S/C18H23NO4/c1-2-12-5-3-4-6-16(12)23-11-17(20)19-9-14(13-7-8-13)15(10-19)18(21)22/h3-6,13-15H,2,7-11H2,1H3,(H,21,22)/t14-,15+/m1/s1. The highest BCUT2D eigenvalue weighted by molar-refractivity contribution is 5.80. The number of likely N-dealkylation sites (tertiary alicyclic amines) is 1. The summed E-state index contributed by atoms with van der Waals surface area (Å²) in [6.45, 7) is 2.89. The average molecular weight is 317 g/mol. The van der Waals surface area contributed by atoms with Gasteiger partial charge in [0.2, 0.25) is 0 Å². The minimum Gasteiger partial charge on any atom is -0.483 e. The fourth-order valence-corrected chi connectivity index (χ4v) is 3.46. The molecule has 0 radical (unpaired) electrons. The lowest BCUT2D eigenvalue weighted by atomic mass is 9.92. The Morgan fingerprint density at radius 1 is 1.26 bits per heavy atom. The molecular weight excluding hydrogens is 294 g/mol. The molecule has 5 nitrogen and oxygen atoms in total. The van der Waals surface area contributed by atoms with Gasteiger partial charge in [-0.05, 0) is 42.7 Å². The molecule has 23 heavy (non-hydrogen) atoms. The second kappa shape index (κ2) is 6.60. The summed E-state index contributed by atoms with van der Waals surface area (Å²) in [7, 11) is 0. The molecule has 1 aromatic rings. The van der Waals surface area contributed by atoms with E-state index in [1.807, 2.05) is 31.2 Å². The Morgan fingerprint density at radius 2 is 2.00 bits per heavy atom. The fourth-order valence-electron chi connectivity index (χ4n) is 3.46. The van der Waals surface area contributed by atoms with Gasteiger partial charge in [0.05, 0.1) is 5.92 Å². The van der Waals surface area contributed by atoms with Crippen LogP contribution in [0.2, 0.25) is 0 Å². The van der Waals surface area contributed by atoms with Crippen molar-refractivity contribution in [3.63, 3.8) is 0 Å². The van der Waals surface area contributed by atoms with Gasteiger partial charge in [-0.3, -0.25) is 9.59 Å². The van der Waals surface area contributed by atoms with Gasteiger partial charge in [0.25, 0.3) is 5.91 Å². The van der Waals surface area contributed by atoms with Gasteiger partial charge in [-0.15, -0.1) is 0 Å². The predicted octanol–water partition coefficient (Wildman–Crippen LogP) is 2.20. The van der Waals surface area contributed by atoms with E-state index >= 15 is 0 Å². The molecule has 124 valence electrons. The minimum atomic E-state index is -0.783. The van der Waals surface area contributed by atoms with Crippen LogP contribution in [0.15, 0.2) is 24.3 Å². The second-order valence-corrected chi connectivity index (χ2v) is 6.49. The molecule has 1 heterocycles. The lowest BCUT2D eigenvalue weighted by Gasteiger charge is -2.17. The van der Waals surface area contributed by atoms with Crippen LogP contribution in [0.25, 0.3) is 0 Å². The summed E-state index contributed by atoms with van der Waals surface area (Å²) in [5.74, 6) is 0.000203. The second-order valence-electron chi connectivity index (χ2n) is 6.49. The zero-order valence-corrected chi connectivity index (χ0v) is 13.4. The SMILES string of the molecule is CCc1ccccc1OCC(=O)N1C[C@H](C(=O)O)[C@@H](C2CC2)C1. The van der Waals surface area contributed by atoms with Crippen molar-refractivity contribution in [2.24, 2.45) is 17.8 Å². The highest BCUT2D eigenvalue weighted by Gasteiger charge is 2.46. The van der Waals surface area contributed by atoms with Crippen LogP contribution < -0.4 is 4.74 Å². The number of carbonyl (C=O) groups excluding carboxylic acids is 1. The molecule has 0 unspecified atom stereocenters. The molecule has 0 bridgehead atoms. The number of rotatable bonds is 6. The highest BCUT2D eigenvalue weighted by atomic mass is 16.5. The van der Waals surface area contributed by atoms with E-state index in [1.165, 1.54) is 0 Å². The van der Waals surface area contributed by atoms with Crippen LogP contribution >= 0.6 is 0 Å². The van der Waals surface area contributed by atoms with Crippen LogP contribution in [0.1, 0.15) is 25.3 Å². The van der Waals surface area contributed by atoms with E-state index in [1.54, 1.807) is 4.90 Å². The molecule has 0 aromatic heterocycles. The maximum Gasteiger partial charge on any atom is 0.308 e. The topological polar surface area (TPSA) is 66.8 Å². The molecule has 1 saturated heterocycles. The Kier molecular flexibility index (Phi) is 4.55. The number of aliphatic carboxylic acids is 1. The molecule has 1 aliphatic carbocycles. The van der Waals surface area contributed by atoms with Crippen LogP contribution in [0.3, 0.4) is 0 Å². The first kappa shape index (κ1) is 15.8. The zero-order valence-electron chi connectivity index (χ0n) is 13.4. The quantitative estimate of drug-likeness (QED) is 0.873. The summed E-state index contributed by atoms with van der Waals surface area (Å²) >= 11 is 0. The number of para-hydroxylation sites is 1. The number of benzene rings is 1. The summed E-state index contributed by atoms with van der Waals surface area (Å²) in [5, 5.41) is 9.37. The molecule has 0 spiro atoms. The van der Waals surface area contributed by atoms with Gasteiger partial charge < -0.3 is 14.7 Å². The summed E-state index contributed by atoms with van der Waals surface area (Å²) in [4.78, 5) is 25.5. The van der Waals surface area contributed by atoms with Crippen molar-refractivity contribution >= 4 is 11.9 Å². The van der Waals surface area contributed by atoms with Gasteiger partial charge in [0.15, 0.2) is 6.61 Å². The highest BCUT2D eigenvalue weighted by Crippen LogP contribution is 2.44. The summed E-state index contributed by atoms with van der Waals surface area (Å²) in [6.07, 6.45) is 3.03. The number of carboxylic acids is 1. The van der Waals surface area contributed by atoms with Crippen molar-refractivity contribution in [2.45, 2.75) is 26.2 Å². The summed E-state index contributed by atoms with van der Waals surface area (Å²) in [6, 6.07) is 7.69. The Bertz CT molecular complexity index is 596. The molecule has 2 fully saturated rings. The zero-order chi connectivity index (χ0) is 16.4. The lowest BCUT2D eigenvalue weighted by Crippen LogP contribution is -2.34. The van der Waals surface area contributed by atoms with Gasteiger partial charge in [-0.2, -0.15) is 0 Å². The molecule has 1 saturated carbocycles. The van der Waals surface area contributed by atoms with Gasteiger partial charge in [-0.1, -0.05) is 25.1 Å². The van der Waals surface area contributed by atoms with Gasteiger partial charge in [0.1, 0.15) is 5.75 Å². The van der Waals surface area contributed by atoms with Crippen LogP contribution in [0, 0.1) is 17.8 Å². The van der Waals surface area contributed by atoms with Crippen LogP contribution in [-0.2, 0) is 16.0 Å². The molecule has 1 N–H and O–H groups in total. The molecule has 3 rings (SSSR count). The number of carbonyl (C=O) groups is 2. The van der Waals surface area contributed by atoms with E-state index in [-0.39, 0.29) is 18.4 Å². The van der Waals surface area contributed by atoms with Crippen molar-refractivity contribution in [1.82, 2.24) is 4.90 Å². The Balaban J connectivity index is 1.59. The Hall–Kier alpha value is -2.04. The van der Waals surface area contributed by atoms with Crippen LogP contribution in [0.5, 0.6) is 5.75 Å². The molecule has 5 heteroatoms. The van der Waals surface area contributed by atoms with Crippen molar-refractivity contribution in [3.8, 4) is 5.75 Å². The number of hydrogen-bond acceptors (Lipinski definition) is 3. The number of carboxylic acid groups (broad SMARTS) is 1. The third kappa shape index (κ3) is 3.49. The van der Waals surface area contributed by atoms with Gasteiger partial charge in [-0.25, -0.2) is 0 Å². The maximum absolute atomic E-state index is 12.4. The number of aryl methyl sites for hydroxylation is 1. The lowest BCUT2D eigenvalue weighted by molar-refractivity contribution is -0.142. The first-order valence-corrected chi connectivity index (χ1v) is 8.31. The molecule has 1 aromatic carbocycles. The number of amides is 1. The number of nitrogens with zero attached hydrogens (tertiary/aromatic N) is 1. The van der Waals surface area contributed by atoms with Crippen LogP contribution in [0.4, 0.5) is 0 Å². The van der Waals surface area contributed by atoms with E-state index in [2.05, 4.69) is 0 Å². The third-order valence-electron chi connectivity index (χ3n) is 4.97. The average Bonchev–Trinajstić information content (AvgIpc) is 3.30. The van der Waals surface area contributed by atoms with E-state index < -0.39 is 11.9 Å². The number of ether oxygens (including phenoxy) is 1. The van der Waals surface area contributed by atoms with E-state index in [4.69, 9.17) is 4.74 Å². The third-order valence-corrected chi connectivity index (χ3v) is 4.97.